The maximum Gasteiger partial charge on any atom is 0.321 e. The fourth-order valence-electron chi connectivity index (χ4n) is 3.77. The molecule has 4 rings (SSSR count). The van der Waals surface area contributed by atoms with Crippen LogP contribution in [0.3, 0.4) is 0 Å². The lowest BCUT2D eigenvalue weighted by Crippen LogP contribution is -2.51. The van der Waals surface area contributed by atoms with Gasteiger partial charge in [0.2, 0.25) is 6.17 Å². The van der Waals surface area contributed by atoms with E-state index >= 15 is 0 Å². The van der Waals surface area contributed by atoms with E-state index in [0.717, 1.165) is 5.69 Å². The quantitative estimate of drug-likeness (QED) is 0.357. The maximum atomic E-state index is 13.8. The number of carbonyl (C=O) groups excluding carboxylic acids is 3. The number of benzene rings is 2. The van der Waals surface area contributed by atoms with E-state index in [9.17, 15) is 14.4 Å². The lowest BCUT2D eigenvalue weighted by Gasteiger charge is -2.27. The molecule has 0 spiro atoms. The van der Waals surface area contributed by atoms with Crippen LogP contribution in [0, 0.1) is 0 Å². The molecule has 3 N–H and O–H groups in total. The number of amides is 3. The Balaban J connectivity index is 1.74. The number of ketones is 1. The lowest BCUT2D eigenvalue weighted by molar-refractivity contribution is -0.124. The van der Waals surface area contributed by atoms with Gasteiger partial charge in [0, 0.05) is 30.2 Å². The fourth-order valence-corrected chi connectivity index (χ4v) is 3.85. The largest absolute Gasteiger partial charge is 0.388 e. The molecule has 3 aromatic rings. The van der Waals surface area contributed by atoms with Gasteiger partial charge in [-0.2, -0.15) is 12.6 Å². The van der Waals surface area contributed by atoms with Crippen LogP contribution in [0.5, 0.6) is 0 Å². The van der Waals surface area contributed by atoms with Gasteiger partial charge in [-0.15, -0.1) is 0 Å². The molecule has 2 heterocycles. The highest BCUT2D eigenvalue weighted by atomic mass is 32.1. The van der Waals surface area contributed by atoms with E-state index in [4.69, 9.17) is 0 Å². The molecule has 0 saturated heterocycles. The Kier molecular flexibility index (Phi) is 7.58. The zero-order valence-corrected chi connectivity index (χ0v) is 21.6. The molecule has 0 fully saturated rings. The average Bonchev–Trinajstić information content (AvgIpc) is 2.99. The highest BCUT2D eigenvalue weighted by molar-refractivity contribution is 7.82. The van der Waals surface area contributed by atoms with E-state index in [1.54, 1.807) is 69.6 Å². The number of urea groups is 1. The number of aliphatic imine (C=N–C) groups is 1. The zero-order valence-electron chi connectivity index (χ0n) is 20.7. The minimum atomic E-state index is -1.31. The Morgan fingerprint density at radius 3 is 2.46 bits per heavy atom. The monoisotopic (exact) mass is 516 g/mol. The number of hydrogen-bond donors (Lipinski definition) is 4. The Morgan fingerprint density at radius 2 is 1.76 bits per heavy atom. The van der Waals surface area contributed by atoms with Gasteiger partial charge in [0.05, 0.1) is 28.4 Å². The van der Waals surface area contributed by atoms with Gasteiger partial charge in [0.15, 0.2) is 5.78 Å². The summed E-state index contributed by atoms with van der Waals surface area (Å²) in [5, 5.41) is 8.41. The number of thiol groups is 1. The number of fused-ring (bicyclic) bond motifs is 1. The Labute approximate surface area is 220 Å². The Morgan fingerprint density at radius 1 is 1.03 bits per heavy atom. The first kappa shape index (κ1) is 25.9. The molecule has 1 atom stereocenters. The Hall–Kier alpha value is -4.18. The van der Waals surface area contributed by atoms with Gasteiger partial charge in [-0.05, 0) is 50.2 Å². The van der Waals surface area contributed by atoms with Crippen LogP contribution in [-0.4, -0.2) is 52.9 Å². The third-order valence-corrected chi connectivity index (χ3v) is 6.03. The molecule has 1 aliphatic heterocycles. The van der Waals surface area contributed by atoms with Crippen molar-refractivity contribution in [3.63, 3.8) is 0 Å². The molecule has 3 amide bonds. The topological polar surface area (TPSA) is 116 Å². The van der Waals surface area contributed by atoms with Gasteiger partial charge in [-0.3, -0.25) is 14.6 Å². The predicted molar refractivity (Wildman–Crippen MR) is 149 cm³/mol. The number of carbonyl (C=O) groups is 3. The van der Waals surface area contributed by atoms with Crippen LogP contribution in [-0.2, 0) is 9.59 Å². The number of nitrogens with one attached hydrogen (secondary N) is 3. The summed E-state index contributed by atoms with van der Waals surface area (Å²) >= 11 is 4.39. The number of anilines is 3. The van der Waals surface area contributed by atoms with Crippen LogP contribution in [0.15, 0.2) is 77.9 Å². The van der Waals surface area contributed by atoms with Crippen molar-refractivity contribution in [1.29, 1.82) is 0 Å². The molecule has 1 unspecified atom stereocenters. The van der Waals surface area contributed by atoms with Gasteiger partial charge in [-0.1, -0.05) is 30.3 Å². The van der Waals surface area contributed by atoms with Crippen molar-refractivity contribution in [2.24, 2.45) is 4.99 Å². The number of nitrogens with zero attached hydrogens (tertiary/aromatic N) is 3. The summed E-state index contributed by atoms with van der Waals surface area (Å²) in [5.74, 6) is -0.809. The second-order valence-corrected chi connectivity index (χ2v) is 10.1. The third kappa shape index (κ3) is 5.97. The minimum absolute atomic E-state index is 0.235. The summed E-state index contributed by atoms with van der Waals surface area (Å²) in [6, 6.07) is 19.0. The van der Waals surface area contributed by atoms with Crippen LogP contribution in [0.25, 0.3) is 0 Å². The van der Waals surface area contributed by atoms with Crippen molar-refractivity contribution in [3.8, 4) is 0 Å². The first-order valence-corrected chi connectivity index (χ1v) is 12.1. The normalized spacial score (nSPS) is 15.2. The van der Waals surface area contributed by atoms with Gasteiger partial charge in [0.25, 0.3) is 5.91 Å². The van der Waals surface area contributed by atoms with Crippen LogP contribution in [0.2, 0.25) is 0 Å². The van der Waals surface area contributed by atoms with E-state index < -0.39 is 22.9 Å². The molecule has 0 radical (unpaired) electrons. The number of aromatic nitrogens is 1. The average molecular weight is 517 g/mol. The van der Waals surface area contributed by atoms with E-state index in [-0.39, 0.29) is 12.3 Å². The highest BCUT2D eigenvalue weighted by Gasteiger charge is 2.36. The number of rotatable bonds is 7. The van der Waals surface area contributed by atoms with Crippen LogP contribution in [0.4, 0.5) is 21.9 Å². The molecule has 1 aliphatic rings. The van der Waals surface area contributed by atoms with Gasteiger partial charge < -0.3 is 20.9 Å². The molecule has 0 aliphatic carbocycles. The maximum absolute atomic E-state index is 13.8. The van der Waals surface area contributed by atoms with E-state index in [0.29, 0.717) is 28.3 Å². The molecule has 0 saturated carbocycles. The molecular weight excluding hydrogens is 488 g/mol. The summed E-state index contributed by atoms with van der Waals surface area (Å²) in [7, 11) is 1.77. The number of Topliss-reactive ketones (excluding diaryl/α,β-unsaturated/α-hetero) is 1. The molecular formula is C27H28N6O3S. The SMILES string of the molecule is CNc1cccc(NC(=O)NC2N=C(c3ccccn3)c3ccccc3N(CC(=O)C(C)(C)S)C2=O)c1. The summed E-state index contributed by atoms with van der Waals surface area (Å²) in [6.07, 6.45) is 0.314. The third-order valence-electron chi connectivity index (χ3n) is 5.78. The van der Waals surface area contributed by atoms with Crippen molar-refractivity contribution in [1.82, 2.24) is 10.3 Å². The molecule has 10 heteroatoms. The van der Waals surface area contributed by atoms with Crippen molar-refractivity contribution in [2.75, 3.05) is 29.1 Å². The van der Waals surface area contributed by atoms with E-state index in [2.05, 4.69) is 38.6 Å². The number of pyridine rings is 1. The number of para-hydroxylation sites is 1. The molecule has 37 heavy (non-hydrogen) atoms. The van der Waals surface area contributed by atoms with Crippen LogP contribution < -0.4 is 20.9 Å². The molecule has 1 aromatic heterocycles. The van der Waals surface area contributed by atoms with Gasteiger partial charge >= 0.3 is 6.03 Å². The van der Waals surface area contributed by atoms with E-state index in [1.807, 2.05) is 24.3 Å². The standard InChI is InChI=1S/C27H28N6O3S/c1-27(2,37)22(34)16-33-21-13-5-4-11-19(21)23(20-12-6-7-14-29-20)31-24(25(33)35)32-26(36)30-18-10-8-9-17(15-18)28-3/h4-15,24,28,37H,16H2,1-3H3,(H2,30,32,36). The number of hydrogen-bond acceptors (Lipinski definition) is 7. The summed E-state index contributed by atoms with van der Waals surface area (Å²) in [5.41, 5.74) is 3.41. The molecule has 2 aromatic carbocycles. The Bertz CT molecular complexity index is 1350. The van der Waals surface area contributed by atoms with E-state index in [1.165, 1.54) is 4.90 Å². The van der Waals surface area contributed by atoms with Crippen LogP contribution >= 0.6 is 12.6 Å². The summed E-state index contributed by atoms with van der Waals surface area (Å²) in [6.45, 7) is 3.11. The number of benzodiazepines with no additional fused rings is 1. The highest BCUT2D eigenvalue weighted by Crippen LogP contribution is 2.29. The second kappa shape index (κ2) is 10.8. The predicted octanol–water partition coefficient (Wildman–Crippen LogP) is 3.73. The first-order chi connectivity index (χ1) is 17.7. The van der Waals surface area contributed by atoms with Crippen molar-refractivity contribution in [3.05, 3.63) is 84.2 Å². The van der Waals surface area contributed by atoms with Crippen molar-refractivity contribution >= 4 is 53.1 Å². The zero-order chi connectivity index (χ0) is 26.6. The summed E-state index contributed by atoms with van der Waals surface area (Å²) in [4.78, 5) is 50.1. The van der Waals surface area contributed by atoms with Gasteiger partial charge in [-0.25, -0.2) is 9.79 Å². The molecule has 0 bridgehead atoms. The summed E-state index contributed by atoms with van der Waals surface area (Å²) < 4.78 is -0.967. The lowest BCUT2D eigenvalue weighted by atomic mass is 10.0. The first-order valence-electron chi connectivity index (χ1n) is 11.7. The van der Waals surface area contributed by atoms with Gasteiger partial charge in [0.1, 0.15) is 0 Å². The minimum Gasteiger partial charge on any atom is -0.388 e. The van der Waals surface area contributed by atoms with Crippen molar-refractivity contribution in [2.45, 2.75) is 24.8 Å². The van der Waals surface area contributed by atoms with Crippen LogP contribution in [0.1, 0.15) is 25.1 Å². The molecule has 190 valence electrons. The fraction of sp³-hybridized carbons (Fsp3) is 0.222. The van der Waals surface area contributed by atoms with Crippen molar-refractivity contribution < 1.29 is 14.4 Å². The second-order valence-electron chi connectivity index (χ2n) is 8.95. The molecule has 9 nitrogen and oxygen atoms in total. The smallest absolute Gasteiger partial charge is 0.321 e.